The van der Waals surface area contributed by atoms with E-state index in [-0.39, 0.29) is 23.9 Å². The average Bonchev–Trinajstić information content (AvgIpc) is 3.21. The lowest BCUT2D eigenvalue weighted by molar-refractivity contribution is 0.363. The lowest BCUT2D eigenvalue weighted by Crippen LogP contribution is -2.25. The number of rotatable bonds is 4. The molecule has 160 valence electrons. The molecule has 2 aromatic heterocycles. The third kappa shape index (κ3) is 2.94. The summed E-state index contributed by atoms with van der Waals surface area (Å²) in [6, 6.07) is 7.63. The van der Waals surface area contributed by atoms with Crippen molar-refractivity contribution in [2.45, 2.75) is 25.3 Å². The van der Waals surface area contributed by atoms with E-state index in [0.29, 0.717) is 45.5 Å². The van der Waals surface area contributed by atoms with E-state index in [4.69, 9.17) is 21.4 Å². The SMILES string of the molecule is CC1C=Nc2ncn(Cc3nc(C4[C@H]5CN(c6ccc(C#N)c(Cl)c6)C[C@@H]45)no3)c(=O)c21. The highest BCUT2D eigenvalue weighted by Gasteiger charge is 2.58. The van der Waals surface area contributed by atoms with Crippen molar-refractivity contribution >= 4 is 29.3 Å². The Balaban J connectivity index is 1.14. The van der Waals surface area contributed by atoms with Crippen LogP contribution in [0.2, 0.25) is 5.02 Å². The predicted octanol–water partition coefficient (Wildman–Crippen LogP) is 2.87. The first-order valence-electron chi connectivity index (χ1n) is 10.4. The van der Waals surface area contributed by atoms with E-state index in [0.717, 1.165) is 18.8 Å². The van der Waals surface area contributed by atoms with Gasteiger partial charge in [0, 0.05) is 36.8 Å². The number of anilines is 1. The molecule has 2 unspecified atom stereocenters. The molecule has 0 N–H and O–H groups in total. The van der Waals surface area contributed by atoms with E-state index in [1.165, 1.54) is 10.9 Å². The van der Waals surface area contributed by atoms with Crippen LogP contribution in [0.1, 0.15) is 41.6 Å². The maximum Gasteiger partial charge on any atom is 0.259 e. The molecule has 2 aliphatic heterocycles. The van der Waals surface area contributed by atoms with Crippen LogP contribution in [0, 0.1) is 23.2 Å². The number of halogens is 1. The van der Waals surface area contributed by atoms with E-state index < -0.39 is 0 Å². The fourth-order valence-electron chi connectivity index (χ4n) is 4.89. The van der Waals surface area contributed by atoms with Crippen molar-refractivity contribution in [2.75, 3.05) is 18.0 Å². The molecular formula is C22H18ClN7O2. The molecule has 9 nitrogen and oxygen atoms in total. The fraction of sp³-hybridized carbons (Fsp3) is 0.364. The summed E-state index contributed by atoms with van der Waals surface area (Å²) >= 11 is 6.18. The number of aromatic nitrogens is 4. The summed E-state index contributed by atoms with van der Waals surface area (Å²) in [5, 5.41) is 13.7. The van der Waals surface area contributed by atoms with Crippen LogP contribution in [0.4, 0.5) is 11.5 Å². The van der Waals surface area contributed by atoms with Crippen LogP contribution in [0.15, 0.2) is 38.8 Å². The Hall–Kier alpha value is -3.51. The third-order valence-electron chi connectivity index (χ3n) is 6.65. The summed E-state index contributed by atoms with van der Waals surface area (Å²) in [5.74, 6) is 2.72. The highest BCUT2D eigenvalue weighted by Crippen LogP contribution is 2.58. The first-order valence-corrected chi connectivity index (χ1v) is 10.8. The second-order valence-electron chi connectivity index (χ2n) is 8.56. The molecule has 0 amide bonds. The van der Waals surface area contributed by atoms with Gasteiger partial charge in [0.25, 0.3) is 5.56 Å². The molecule has 1 saturated carbocycles. The van der Waals surface area contributed by atoms with Crippen molar-refractivity contribution in [1.29, 1.82) is 5.26 Å². The second-order valence-corrected chi connectivity index (χ2v) is 8.97. The summed E-state index contributed by atoms with van der Waals surface area (Å²) < 4.78 is 6.94. The maximum absolute atomic E-state index is 12.7. The summed E-state index contributed by atoms with van der Waals surface area (Å²) in [4.78, 5) is 28.0. The topological polar surface area (TPSA) is 113 Å². The number of nitriles is 1. The van der Waals surface area contributed by atoms with Crippen molar-refractivity contribution in [3.8, 4) is 6.07 Å². The van der Waals surface area contributed by atoms with Crippen LogP contribution < -0.4 is 10.5 Å². The molecule has 0 bridgehead atoms. The summed E-state index contributed by atoms with van der Waals surface area (Å²) in [7, 11) is 0. The minimum Gasteiger partial charge on any atom is -0.371 e. The second kappa shape index (κ2) is 7.00. The number of nitrogens with zero attached hydrogens (tertiary/aromatic N) is 7. The van der Waals surface area contributed by atoms with Gasteiger partial charge in [-0.1, -0.05) is 23.7 Å². The molecule has 32 heavy (non-hydrogen) atoms. The third-order valence-corrected chi connectivity index (χ3v) is 6.96. The molecule has 1 aromatic carbocycles. The molecule has 4 atom stereocenters. The fourth-order valence-corrected chi connectivity index (χ4v) is 5.11. The number of benzene rings is 1. The van der Waals surface area contributed by atoms with Crippen LogP contribution in [0.5, 0.6) is 0 Å². The van der Waals surface area contributed by atoms with Crippen LogP contribution in [0.25, 0.3) is 0 Å². The molecule has 3 aliphatic rings. The first kappa shape index (κ1) is 19.2. The maximum atomic E-state index is 12.7. The summed E-state index contributed by atoms with van der Waals surface area (Å²) in [5.41, 5.74) is 1.99. The van der Waals surface area contributed by atoms with Gasteiger partial charge in [-0.05, 0) is 30.0 Å². The number of hydrogen-bond acceptors (Lipinski definition) is 8. The van der Waals surface area contributed by atoms with Crippen LogP contribution in [-0.4, -0.2) is 39.0 Å². The average molecular weight is 448 g/mol. The van der Waals surface area contributed by atoms with Gasteiger partial charge in [0.2, 0.25) is 5.89 Å². The van der Waals surface area contributed by atoms with Gasteiger partial charge in [-0.25, -0.2) is 9.98 Å². The molecule has 3 aromatic rings. The first-order chi connectivity index (χ1) is 15.5. The van der Waals surface area contributed by atoms with Gasteiger partial charge < -0.3 is 9.42 Å². The lowest BCUT2D eigenvalue weighted by atomic mass is 10.1. The molecule has 10 heteroatoms. The lowest BCUT2D eigenvalue weighted by Gasteiger charge is -2.21. The van der Waals surface area contributed by atoms with E-state index >= 15 is 0 Å². The van der Waals surface area contributed by atoms with Crippen molar-refractivity contribution in [3.05, 3.63) is 62.7 Å². The Morgan fingerprint density at radius 1 is 1.31 bits per heavy atom. The molecule has 4 heterocycles. The highest BCUT2D eigenvalue weighted by atomic mass is 35.5. The molecule has 0 spiro atoms. The Morgan fingerprint density at radius 2 is 2.12 bits per heavy atom. The van der Waals surface area contributed by atoms with E-state index in [9.17, 15) is 4.79 Å². The zero-order chi connectivity index (χ0) is 22.0. The molecule has 1 aliphatic carbocycles. The van der Waals surface area contributed by atoms with Crippen LogP contribution in [-0.2, 0) is 6.54 Å². The van der Waals surface area contributed by atoms with Crippen LogP contribution in [0.3, 0.4) is 0 Å². The van der Waals surface area contributed by atoms with Crippen molar-refractivity contribution < 1.29 is 4.52 Å². The zero-order valence-electron chi connectivity index (χ0n) is 17.1. The predicted molar refractivity (Wildman–Crippen MR) is 117 cm³/mol. The number of hydrogen-bond donors (Lipinski definition) is 0. The van der Waals surface area contributed by atoms with Gasteiger partial charge in [-0.2, -0.15) is 10.2 Å². The van der Waals surface area contributed by atoms with Gasteiger partial charge in [0.05, 0.1) is 16.1 Å². The monoisotopic (exact) mass is 447 g/mol. The minimum atomic E-state index is -0.125. The number of fused-ring (bicyclic) bond motifs is 2. The van der Waals surface area contributed by atoms with E-state index in [1.807, 2.05) is 19.1 Å². The van der Waals surface area contributed by atoms with Crippen LogP contribution >= 0.6 is 11.6 Å². The highest BCUT2D eigenvalue weighted by molar-refractivity contribution is 6.32. The Morgan fingerprint density at radius 3 is 2.88 bits per heavy atom. The van der Waals surface area contributed by atoms with Crippen molar-refractivity contribution in [1.82, 2.24) is 19.7 Å². The van der Waals surface area contributed by atoms with Gasteiger partial charge in [0.15, 0.2) is 11.6 Å². The quantitative estimate of drug-likeness (QED) is 0.604. The molecular weight excluding hydrogens is 430 g/mol. The standard InChI is InChI=1S/C22H18ClN7O2/c1-11-6-25-20-18(11)22(31)30(10-26-20)9-17-27-21(28-32-17)19-14-7-29(8-15(14)19)13-3-2-12(5-24)16(23)4-13/h2-4,6,10-11,14-15,19H,7-9H2,1H3/t11?,14-,15+,19?. The minimum absolute atomic E-state index is 0.0459. The largest absolute Gasteiger partial charge is 0.371 e. The van der Waals surface area contributed by atoms with E-state index in [1.54, 1.807) is 12.3 Å². The summed E-state index contributed by atoms with van der Waals surface area (Å²) in [6.07, 6.45) is 3.21. The van der Waals surface area contributed by atoms with Gasteiger partial charge in [0.1, 0.15) is 18.9 Å². The smallest absolute Gasteiger partial charge is 0.259 e. The van der Waals surface area contributed by atoms with E-state index in [2.05, 4.69) is 31.1 Å². The molecule has 1 saturated heterocycles. The Kier molecular flexibility index (Phi) is 4.20. The van der Waals surface area contributed by atoms with Gasteiger partial charge in [-0.15, -0.1) is 0 Å². The van der Waals surface area contributed by atoms with Crippen molar-refractivity contribution in [2.24, 2.45) is 16.8 Å². The van der Waals surface area contributed by atoms with Gasteiger partial charge >= 0.3 is 0 Å². The molecule has 0 radical (unpaired) electrons. The number of piperidine rings is 1. The van der Waals surface area contributed by atoms with Gasteiger partial charge in [-0.3, -0.25) is 9.36 Å². The molecule has 6 rings (SSSR count). The Labute approximate surface area is 188 Å². The van der Waals surface area contributed by atoms with Crippen molar-refractivity contribution in [3.63, 3.8) is 0 Å². The Bertz CT molecular complexity index is 1360. The number of aliphatic imine (C=N–C) groups is 1. The molecule has 2 fully saturated rings. The normalized spacial score (nSPS) is 25.0. The zero-order valence-corrected chi connectivity index (χ0v) is 17.9. The summed E-state index contributed by atoms with van der Waals surface area (Å²) in [6.45, 7) is 3.88.